The summed E-state index contributed by atoms with van der Waals surface area (Å²) < 4.78 is 35.8. The number of hydrogen-bond donors (Lipinski definition) is 3. The van der Waals surface area contributed by atoms with E-state index < -0.39 is 15.1 Å². The van der Waals surface area contributed by atoms with Crippen LogP contribution in [0.4, 0.5) is 23.1 Å². The molecule has 204 valence electrons. The Kier molecular flexibility index (Phi) is 10.3. The minimum absolute atomic E-state index is 0.161. The largest absolute Gasteiger partial charge is 0.495 e. The maximum absolute atomic E-state index is 12.8. The van der Waals surface area contributed by atoms with Crippen molar-refractivity contribution in [3.8, 4) is 5.75 Å². The summed E-state index contributed by atoms with van der Waals surface area (Å²) in [6, 6.07) is 12.3. The van der Waals surface area contributed by atoms with Gasteiger partial charge in [0, 0.05) is 6.54 Å². The number of ether oxygens (including phenoxy) is 2. The molecular formula is C26H32ClN5O5S. The highest BCUT2D eigenvalue weighted by atomic mass is 35.5. The Balaban J connectivity index is 1.78. The van der Waals surface area contributed by atoms with Crippen LogP contribution in [0.1, 0.15) is 25.8 Å². The van der Waals surface area contributed by atoms with Crippen LogP contribution in [-0.4, -0.2) is 56.9 Å². The second kappa shape index (κ2) is 13.4. The van der Waals surface area contributed by atoms with Crippen molar-refractivity contribution < 1.29 is 22.7 Å². The standard InChI is InChI=1S/C26H32ClN5O5S/c1-17(2)38(34,35)23-8-6-5-7-20(23)30-25-19(27)16-29-26(32-25)31-21-15-18(9-10-22(21)36-3)11-13-28-14-12-24(33)37-4/h5-10,15-17,28H,11-14H2,1-4H3,(H2,29,30,31,32). The van der Waals surface area contributed by atoms with Gasteiger partial charge in [-0.15, -0.1) is 0 Å². The molecule has 3 aromatic rings. The zero-order valence-electron chi connectivity index (χ0n) is 21.7. The number of carbonyl (C=O) groups is 1. The van der Waals surface area contributed by atoms with Crippen LogP contribution >= 0.6 is 11.6 Å². The molecule has 3 N–H and O–H groups in total. The predicted octanol–water partition coefficient (Wildman–Crippen LogP) is 4.50. The summed E-state index contributed by atoms with van der Waals surface area (Å²) in [7, 11) is -0.605. The molecule has 1 heterocycles. The van der Waals surface area contributed by atoms with Gasteiger partial charge in [-0.2, -0.15) is 4.98 Å². The molecule has 0 unspecified atom stereocenters. The first-order chi connectivity index (χ1) is 18.1. The molecule has 0 radical (unpaired) electrons. The number of nitrogens with zero attached hydrogens (tertiary/aromatic N) is 2. The number of halogens is 1. The van der Waals surface area contributed by atoms with Gasteiger partial charge >= 0.3 is 5.97 Å². The van der Waals surface area contributed by atoms with E-state index in [9.17, 15) is 13.2 Å². The Morgan fingerprint density at radius 3 is 2.53 bits per heavy atom. The summed E-state index contributed by atoms with van der Waals surface area (Å²) in [5.74, 6) is 0.831. The minimum Gasteiger partial charge on any atom is -0.495 e. The smallest absolute Gasteiger partial charge is 0.306 e. The number of methoxy groups -OCH3 is 2. The van der Waals surface area contributed by atoms with E-state index in [2.05, 4.69) is 30.7 Å². The topological polar surface area (TPSA) is 132 Å². The van der Waals surface area contributed by atoms with Gasteiger partial charge in [0.15, 0.2) is 15.7 Å². The number of benzene rings is 2. The van der Waals surface area contributed by atoms with E-state index in [1.54, 1.807) is 45.2 Å². The zero-order chi connectivity index (χ0) is 27.7. The lowest BCUT2D eigenvalue weighted by Crippen LogP contribution is -2.21. The molecule has 3 rings (SSSR count). The summed E-state index contributed by atoms with van der Waals surface area (Å²) in [6.45, 7) is 4.47. The SMILES string of the molecule is COC(=O)CCNCCc1ccc(OC)c(Nc2ncc(Cl)c(Nc3ccccc3S(=O)(=O)C(C)C)n2)c1. The summed E-state index contributed by atoms with van der Waals surface area (Å²) in [4.78, 5) is 20.1. The van der Waals surface area contributed by atoms with Crippen molar-refractivity contribution in [3.05, 3.63) is 59.2 Å². The van der Waals surface area contributed by atoms with E-state index in [-0.39, 0.29) is 27.7 Å². The number of anilines is 4. The van der Waals surface area contributed by atoms with Gasteiger partial charge in [-0.25, -0.2) is 13.4 Å². The van der Waals surface area contributed by atoms with E-state index >= 15 is 0 Å². The lowest BCUT2D eigenvalue weighted by Gasteiger charge is -2.16. The number of carbonyl (C=O) groups excluding carboxylic acids is 1. The normalized spacial score (nSPS) is 11.3. The second-order valence-electron chi connectivity index (χ2n) is 8.59. The zero-order valence-corrected chi connectivity index (χ0v) is 23.3. The maximum Gasteiger partial charge on any atom is 0.306 e. The Morgan fingerprint density at radius 1 is 1.05 bits per heavy atom. The monoisotopic (exact) mass is 561 g/mol. The molecule has 0 saturated carbocycles. The van der Waals surface area contributed by atoms with E-state index in [1.165, 1.54) is 13.3 Å². The van der Waals surface area contributed by atoms with Crippen molar-refractivity contribution in [1.29, 1.82) is 0 Å². The van der Waals surface area contributed by atoms with Crippen LogP contribution in [0.5, 0.6) is 5.75 Å². The van der Waals surface area contributed by atoms with Gasteiger partial charge in [0.25, 0.3) is 0 Å². The first kappa shape index (κ1) is 29.2. The number of sulfone groups is 1. The number of hydrogen-bond acceptors (Lipinski definition) is 10. The van der Waals surface area contributed by atoms with Crippen molar-refractivity contribution in [3.63, 3.8) is 0 Å². The molecule has 0 aliphatic rings. The number of esters is 1. The molecule has 0 aliphatic carbocycles. The van der Waals surface area contributed by atoms with E-state index in [4.69, 9.17) is 16.3 Å². The van der Waals surface area contributed by atoms with Gasteiger partial charge in [0.2, 0.25) is 5.95 Å². The molecule has 0 fully saturated rings. The highest BCUT2D eigenvalue weighted by molar-refractivity contribution is 7.92. The fourth-order valence-corrected chi connectivity index (χ4v) is 4.83. The number of nitrogens with one attached hydrogen (secondary N) is 3. The Bertz CT molecular complexity index is 1370. The average molecular weight is 562 g/mol. The molecule has 0 spiro atoms. The van der Waals surface area contributed by atoms with Gasteiger partial charge in [-0.3, -0.25) is 4.79 Å². The predicted molar refractivity (Wildman–Crippen MR) is 149 cm³/mol. The highest BCUT2D eigenvalue weighted by Crippen LogP contribution is 2.32. The van der Waals surface area contributed by atoms with Gasteiger partial charge in [0.1, 0.15) is 10.8 Å². The Morgan fingerprint density at radius 2 is 1.82 bits per heavy atom. The minimum atomic E-state index is -3.54. The molecule has 10 nitrogen and oxygen atoms in total. The lowest BCUT2D eigenvalue weighted by atomic mass is 10.1. The van der Waals surface area contributed by atoms with Gasteiger partial charge in [-0.1, -0.05) is 29.8 Å². The molecule has 0 amide bonds. The van der Waals surface area contributed by atoms with Crippen molar-refractivity contribution in [2.45, 2.75) is 36.8 Å². The average Bonchev–Trinajstić information content (AvgIpc) is 2.90. The molecule has 38 heavy (non-hydrogen) atoms. The van der Waals surface area contributed by atoms with Crippen LogP contribution in [0.15, 0.2) is 53.6 Å². The molecule has 0 bridgehead atoms. The summed E-state index contributed by atoms with van der Waals surface area (Å²) in [6.07, 6.45) is 2.46. The molecule has 0 saturated heterocycles. The Labute approximate surface area is 228 Å². The van der Waals surface area contributed by atoms with Gasteiger partial charge in [0.05, 0.1) is 48.4 Å². The van der Waals surface area contributed by atoms with Gasteiger partial charge in [-0.05, 0) is 56.6 Å². The number of para-hydroxylation sites is 1. The molecule has 2 aromatic carbocycles. The molecule has 0 aliphatic heterocycles. The first-order valence-electron chi connectivity index (χ1n) is 12.0. The van der Waals surface area contributed by atoms with E-state index in [0.717, 1.165) is 12.0 Å². The van der Waals surface area contributed by atoms with E-state index in [0.29, 0.717) is 36.6 Å². The third-order valence-corrected chi connectivity index (χ3v) is 8.13. The van der Waals surface area contributed by atoms with Crippen molar-refractivity contribution in [2.24, 2.45) is 0 Å². The fraction of sp³-hybridized carbons (Fsp3) is 0.346. The third-order valence-electron chi connectivity index (χ3n) is 5.65. The summed E-state index contributed by atoms with van der Waals surface area (Å²) in [5.41, 5.74) is 2.04. The maximum atomic E-state index is 12.8. The number of rotatable bonds is 13. The molecule has 1 aromatic heterocycles. The quantitative estimate of drug-likeness (QED) is 0.202. The fourth-order valence-electron chi connectivity index (χ4n) is 3.49. The van der Waals surface area contributed by atoms with Crippen LogP contribution in [-0.2, 0) is 25.8 Å². The van der Waals surface area contributed by atoms with Crippen LogP contribution in [0, 0.1) is 0 Å². The third kappa shape index (κ3) is 7.56. The van der Waals surface area contributed by atoms with Crippen LogP contribution in [0.25, 0.3) is 0 Å². The van der Waals surface area contributed by atoms with Crippen molar-refractivity contribution in [1.82, 2.24) is 15.3 Å². The van der Waals surface area contributed by atoms with E-state index in [1.807, 2.05) is 18.2 Å². The lowest BCUT2D eigenvalue weighted by molar-refractivity contribution is -0.140. The van der Waals surface area contributed by atoms with Gasteiger partial charge < -0.3 is 25.4 Å². The molecular weight excluding hydrogens is 530 g/mol. The summed E-state index contributed by atoms with van der Waals surface area (Å²) in [5, 5.41) is 9.05. The molecule has 0 atom stereocenters. The van der Waals surface area contributed by atoms with Crippen molar-refractivity contribution in [2.75, 3.05) is 37.9 Å². The summed E-state index contributed by atoms with van der Waals surface area (Å²) >= 11 is 6.35. The van der Waals surface area contributed by atoms with Crippen molar-refractivity contribution >= 4 is 50.5 Å². The Hall–Kier alpha value is -3.41. The number of aromatic nitrogens is 2. The van der Waals surface area contributed by atoms with Crippen LogP contribution in [0.2, 0.25) is 5.02 Å². The highest BCUT2D eigenvalue weighted by Gasteiger charge is 2.23. The molecule has 12 heteroatoms. The second-order valence-corrected chi connectivity index (χ2v) is 11.5. The first-order valence-corrected chi connectivity index (χ1v) is 13.9. The van der Waals surface area contributed by atoms with Crippen LogP contribution < -0.4 is 20.7 Å². The van der Waals surface area contributed by atoms with Crippen LogP contribution in [0.3, 0.4) is 0 Å².